The number of pyridine rings is 1. The quantitative estimate of drug-likeness (QED) is 0.886. The van der Waals surface area contributed by atoms with Crippen molar-refractivity contribution in [1.29, 1.82) is 0 Å². The van der Waals surface area contributed by atoms with Crippen molar-refractivity contribution in [3.63, 3.8) is 0 Å². The lowest BCUT2D eigenvalue weighted by Gasteiger charge is -2.39. The number of carbonyl (C=O) groups is 1. The van der Waals surface area contributed by atoms with Crippen LogP contribution in [0.5, 0.6) is 0 Å². The molecule has 2 aliphatic rings. The van der Waals surface area contributed by atoms with Crippen molar-refractivity contribution >= 4 is 17.4 Å². The molecule has 1 amide bonds. The van der Waals surface area contributed by atoms with Crippen LogP contribution in [0.1, 0.15) is 24.8 Å². The van der Waals surface area contributed by atoms with Crippen LogP contribution in [-0.2, 0) is 4.79 Å². The van der Waals surface area contributed by atoms with E-state index < -0.39 is 0 Å². The third kappa shape index (κ3) is 2.32. The van der Waals surface area contributed by atoms with E-state index in [9.17, 15) is 4.79 Å². The number of nitrogens with two attached hydrogens (primary N) is 1. The lowest BCUT2D eigenvalue weighted by Crippen LogP contribution is -2.51. The molecule has 1 aliphatic carbocycles. The van der Waals surface area contributed by atoms with Crippen LogP contribution in [0.4, 0.5) is 11.5 Å². The lowest BCUT2D eigenvalue weighted by atomic mass is 9.84. The monoisotopic (exact) mass is 274 g/mol. The van der Waals surface area contributed by atoms with E-state index in [4.69, 9.17) is 5.73 Å². The summed E-state index contributed by atoms with van der Waals surface area (Å²) in [5, 5.41) is 0. The smallest absolute Gasteiger partial charge is 0.225 e. The summed E-state index contributed by atoms with van der Waals surface area (Å²) in [6.07, 6.45) is 5.16. The Kier molecular flexibility index (Phi) is 3.51. The van der Waals surface area contributed by atoms with Crippen molar-refractivity contribution in [2.45, 2.75) is 26.2 Å². The molecule has 108 valence electrons. The molecule has 3 rings (SSSR count). The van der Waals surface area contributed by atoms with Crippen LogP contribution in [0.25, 0.3) is 0 Å². The van der Waals surface area contributed by atoms with Gasteiger partial charge in [-0.1, -0.05) is 6.42 Å². The highest BCUT2D eigenvalue weighted by atomic mass is 16.2. The van der Waals surface area contributed by atoms with Crippen LogP contribution in [0.2, 0.25) is 0 Å². The first-order chi connectivity index (χ1) is 9.66. The van der Waals surface area contributed by atoms with Crippen molar-refractivity contribution < 1.29 is 4.79 Å². The first-order valence-corrected chi connectivity index (χ1v) is 7.41. The second-order valence-corrected chi connectivity index (χ2v) is 5.81. The summed E-state index contributed by atoms with van der Waals surface area (Å²) < 4.78 is 0. The van der Waals surface area contributed by atoms with E-state index in [1.54, 1.807) is 6.20 Å². The van der Waals surface area contributed by atoms with E-state index in [0.29, 0.717) is 11.8 Å². The first-order valence-electron chi connectivity index (χ1n) is 7.41. The van der Waals surface area contributed by atoms with Gasteiger partial charge in [-0.25, -0.2) is 4.98 Å². The van der Waals surface area contributed by atoms with E-state index in [1.807, 2.05) is 17.9 Å². The molecule has 0 bridgehead atoms. The van der Waals surface area contributed by atoms with Gasteiger partial charge < -0.3 is 15.5 Å². The van der Waals surface area contributed by atoms with Crippen LogP contribution in [0.15, 0.2) is 12.3 Å². The fourth-order valence-electron chi connectivity index (χ4n) is 2.86. The first kappa shape index (κ1) is 13.2. The third-order valence-electron chi connectivity index (χ3n) is 4.53. The predicted octanol–water partition coefficient (Wildman–Crippen LogP) is 1.42. The molecule has 5 heteroatoms. The number of rotatable bonds is 2. The normalized spacial score (nSPS) is 19.9. The SMILES string of the molecule is Cc1ccnc(N2CCN(C(=O)C3CCC3)CC2)c1N. The van der Waals surface area contributed by atoms with Crippen LogP contribution < -0.4 is 10.6 Å². The van der Waals surface area contributed by atoms with Gasteiger partial charge in [0.25, 0.3) is 0 Å². The molecule has 0 radical (unpaired) electrons. The van der Waals surface area contributed by atoms with Crippen LogP contribution in [0.3, 0.4) is 0 Å². The Labute approximate surface area is 119 Å². The van der Waals surface area contributed by atoms with Crippen molar-refractivity contribution in [2.75, 3.05) is 36.8 Å². The van der Waals surface area contributed by atoms with Crippen molar-refractivity contribution in [2.24, 2.45) is 5.92 Å². The highest BCUT2D eigenvalue weighted by molar-refractivity contribution is 5.80. The summed E-state index contributed by atoms with van der Waals surface area (Å²) in [6, 6.07) is 1.93. The number of hydrogen-bond acceptors (Lipinski definition) is 4. The van der Waals surface area contributed by atoms with Crippen LogP contribution in [0, 0.1) is 12.8 Å². The second-order valence-electron chi connectivity index (χ2n) is 5.81. The molecular formula is C15H22N4O. The molecule has 0 atom stereocenters. The number of anilines is 2. The van der Waals surface area contributed by atoms with E-state index in [0.717, 1.165) is 56.1 Å². The van der Waals surface area contributed by atoms with Gasteiger partial charge in [-0.05, 0) is 31.4 Å². The van der Waals surface area contributed by atoms with Crippen molar-refractivity contribution in [1.82, 2.24) is 9.88 Å². The fraction of sp³-hybridized carbons (Fsp3) is 0.600. The molecule has 1 saturated carbocycles. The highest BCUT2D eigenvalue weighted by Gasteiger charge is 2.31. The molecule has 20 heavy (non-hydrogen) atoms. The average molecular weight is 274 g/mol. The van der Waals surface area contributed by atoms with Gasteiger partial charge in [-0.3, -0.25) is 4.79 Å². The number of aromatic nitrogens is 1. The van der Waals surface area contributed by atoms with Crippen LogP contribution in [-0.4, -0.2) is 42.0 Å². The number of hydrogen-bond donors (Lipinski definition) is 1. The molecule has 0 spiro atoms. The fourth-order valence-corrected chi connectivity index (χ4v) is 2.86. The van der Waals surface area contributed by atoms with Gasteiger partial charge in [0.05, 0.1) is 5.69 Å². The topological polar surface area (TPSA) is 62.5 Å². The van der Waals surface area contributed by atoms with E-state index in [-0.39, 0.29) is 0 Å². The maximum absolute atomic E-state index is 12.2. The maximum Gasteiger partial charge on any atom is 0.225 e. The van der Waals surface area contributed by atoms with Crippen molar-refractivity contribution in [3.05, 3.63) is 17.8 Å². The Morgan fingerprint density at radius 1 is 1.30 bits per heavy atom. The molecule has 2 N–H and O–H groups in total. The summed E-state index contributed by atoms with van der Waals surface area (Å²) in [4.78, 5) is 20.8. The number of aryl methyl sites for hydroxylation is 1. The van der Waals surface area contributed by atoms with Gasteiger partial charge in [0.15, 0.2) is 5.82 Å². The number of piperazine rings is 1. The summed E-state index contributed by atoms with van der Waals surface area (Å²) in [7, 11) is 0. The minimum atomic E-state index is 0.295. The zero-order chi connectivity index (χ0) is 14.1. The zero-order valence-corrected chi connectivity index (χ0v) is 12.0. The zero-order valence-electron chi connectivity index (χ0n) is 12.0. The molecule has 1 aliphatic heterocycles. The number of carbonyl (C=O) groups excluding carboxylic acids is 1. The molecular weight excluding hydrogens is 252 g/mol. The maximum atomic E-state index is 12.2. The van der Waals surface area contributed by atoms with E-state index >= 15 is 0 Å². The van der Waals surface area contributed by atoms with Gasteiger partial charge >= 0.3 is 0 Å². The molecule has 0 aromatic carbocycles. The van der Waals surface area contributed by atoms with E-state index in [1.165, 1.54) is 6.42 Å². The number of nitrogens with zero attached hydrogens (tertiary/aromatic N) is 3. The molecule has 0 unspecified atom stereocenters. The van der Waals surface area contributed by atoms with Gasteiger partial charge in [0.1, 0.15) is 0 Å². The van der Waals surface area contributed by atoms with Gasteiger partial charge in [-0.2, -0.15) is 0 Å². The molecule has 2 heterocycles. The Balaban J connectivity index is 1.63. The Hall–Kier alpha value is -1.78. The Bertz CT molecular complexity index is 505. The summed E-state index contributed by atoms with van der Waals surface area (Å²) >= 11 is 0. The Morgan fingerprint density at radius 3 is 2.60 bits per heavy atom. The minimum Gasteiger partial charge on any atom is -0.396 e. The Morgan fingerprint density at radius 2 is 2.00 bits per heavy atom. The standard InChI is InChI=1S/C15H22N4O/c1-11-5-6-17-14(13(11)16)18-7-9-19(10-8-18)15(20)12-3-2-4-12/h5-6,12H,2-4,7-10,16H2,1H3. The third-order valence-corrected chi connectivity index (χ3v) is 4.53. The minimum absolute atomic E-state index is 0.295. The largest absolute Gasteiger partial charge is 0.396 e. The molecule has 1 aromatic heterocycles. The van der Waals surface area contributed by atoms with E-state index in [2.05, 4.69) is 9.88 Å². The van der Waals surface area contributed by atoms with Gasteiger partial charge in [0, 0.05) is 38.3 Å². The highest BCUT2D eigenvalue weighted by Crippen LogP contribution is 2.29. The average Bonchev–Trinajstić information content (AvgIpc) is 2.40. The molecule has 2 fully saturated rings. The van der Waals surface area contributed by atoms with Crippen molar-refractivity contribution in [3.8, 4) is 0 Å². The second kappa shape index (κ2) is 5.31. The predicted molar refractivity (Wildman–Crippen MR) is 79.5 cm³/mol. The van der Waals surface area contributed by atoms with Gasteiger partial charge in [0.2, 0.25) is 5.91 Å². The number of nitrogen functional groups attached to an aromatic ring is 1. The summed E-state index contributed by atoms with van der Waals surface area (Å²) in [6.45, 7) is 5.20. The van der Waals surface area contributed by atoms with Gasteiger partial charge in [-0.15, -0.1) is 0 Å². The lowest BCUT2D eigenvalue weighted by molar-refractivity contribution is -0.138. The molecule has 5 nitrogen and oxygen atoms in total. The van der Waals surface area contributed by atoms with Crippen LogP contribution >= 0.6 is 0 Å². The number of amides is 1. The molecule has 1 saturated heterocycles. The molecule has 1 aromatic rings. The summed E-state index contributed by atoms with van der Waals surface area (Å²) in [5.74, 6) is 1.51. The summed E-state index contributed by atoms with van der Waals surface area (Å²) in [5.41, 5.74) is 7.92.